The molecule has 76 valence electrons. The van der Waals surface area contributed by atoms with Gasteiger partial charge in [-0.05, 0) is 42.8 Å². The minimum atomic E-state index is 1.14. The van der Waals surface area contributed by atoms with Crippen molar-refractivity contribution in [1.82, 2.24) is 0 Å². The summed E-state index contributed by atoms with van der Waals surface area (Å²) in [5.41, 5.74) is 1.30. The van der Waals surface area contributed by atoms with Crippen molar-refractivity contribution in [3.63, 3.8) is 0 Å². The lowest BCUT2D eigenvalue weighted by atomic mass is 10.2. The lowest BCUT2D eigenvalue weighted by molar-refractivity contribution is 1.28. The zero-order chi connectivity index (χ0) is 10.7. The third-order valence-electron chi connectivity index (χ3n) is 2.11. The Bertz CT molecular complexity index is 451. The van der Waals surface area contributed by atoms with Crippen LogP contribution >= 0.6 is 27.7 Å². The molecule has 2 aromatic rings. The van der Waals surface area contributed by atoms with Gasteiger partial charge in [0.05, 0.1) is 0 Å². The van der Waals surface area contributed by atoms with E-state index in [1.54, 1.807) is 11.8 Å². The van der Waals surface area contributed by atoms with Crippen LogP contribution in [0.4, 0.5) is 0 Å². The summed E-state index contributed by atoms with van der Waals surface area (Å²) in [6.45, 7) is 2.13. The number of hydrogen-bond donors (Lipinski definition) is 0. The number of rotatable bonds is 2. The van der Waals surface area contributed by atoms with Gasteiger partial charge in [0.15, 0.2) is 0 Å². The molecule has 2 rings (SSSR count). The summed E-state index contributed by atoms with van der Waals surface area (Å²) in [4.78, 5) is 2.59. The maximum absolute atomic E-state index is 3.47. The molecule has 0 amide bonds. The maximum atomic E-state index is 3.47. The molecule has 0 nitrogen and oxygen atoms in total. The average Bonchev–Trinajstić information content (AvgIpc) is 2.24. The molecule has 0 N–H and O–H groups in total. The molecule has 15 heavy (non-hydrogen) atoms. The molecule has 0 aliphatic heterocycles. The molecular weight excluding hydrogens is 268 g/mol. The number of hydrogen-bond acceptors (Lipinski definition) is 1. The summed E-state index contributed by atoms with van der Waals surface area (Å²) < 4.78 is 1.14. The molecule has 2 heteroatoms. The van der Waals surface area contributed by atoms with Gasteiger partial charge in [0.1, 0.15) is 0 Å². The summed E-state index contributed by atoms with van der Waals surface area (Å²) in [5.74, 6) is 0. The van der Waals surface area contributed by atoms with Gasteiger partial charge in [0.2, 0.25) is 0 Å². The van der Waals surface area contributed by atoms with E-state index in [4.69, 9.17) is 0 Å². The Morgan fingerprint density at radius 3 is 2.40 bits per heavy atom. The second-order valence-electron chi connectivity index (χ2n) is 3.32. The molecule has 0 bridgehead atoms. The zero-order valence-corrected chi connectivity index (χ0v) is 10.8. The lowest BCUT2D eigenvalue weighted by Crippen LogP contribution is -1.79. The summed E-state index contributed by atoms with van der Waals surface area (Å²) in [6.07, 6.45) is 0. The van der Waals surface area contributed by atoms with Crippen LogP contribution in [0.15, 0.2) is 62.8 Å². The van der Waals surface area contributed by atoms with Gasteiger partial charge in [-0.15, -0.1) is 0 Å². The highest BCUT2D eigenvalue weighted by molar-refractivity contribution is 9.10. The van der Waals surface area contributed by atoms with E-state index in [1.807, 2.05) is 6.07 Å². The predicted molar refractivity (Wildman–Crippen MR) is 69.4 cm³/mol. The van der Waals surface area contributed by atoms with E-state index in [9.17, 15) is 0 Å². The second-order valence-corrected chi connectivity index (χ2v) is 5.36. The minimum Gasteiger partial charge on any atom is -0.0898 e. The Kier molecular flexibility index (Phi) is 3.49. The van der Waals surface area contributed by atoms with Crippen LogP contribution in [0, 0.1) is 6.92 Å². The average molecular weight is 279 g/mol. The molecule has 0 saturated carbocycles. The quantitative estimate of drug-likeness (QED) is 0.752. The van der Waals surface area contributed by atoms with Gasteiger partial charge in [-0.25, -0.2) is 0 Å². The first-order valence-electron chi connectivity index (χ1n) is 4.75. The van der Waals surface area contributed by atoms with E-state index in [-0.39, 0.29) is 0 Å². The Hall–Kier alpha value is -0.730. The van der Waals surface area contributed by atoms with Gasteiger partial charge in [0, 0.05) is 14.3 Å². The van der Waals surface area contributed by atoms with Crippen LogP contribution in [-0.2, 0) is 0 Å². The highest BCUT2D eigenvalue weighted by Crippen LogP contribution is 2.31. The molecule has 0 aromatic heterocycles. The van der Waals surface area contributed by atoms with Crippen molar-refractivity contribution in [1.29, 1.82) is 0 Å². The van der Waals surface area contributed by atoms with Gasteiger partial charge in [-0.2, -0.15) is 0 Å². The molecule has 0 aliphatic rings. The smallest absolute Gasteiger partial charge is 0.0178 e. The Morgan fingerprint density at radius 2 is 1.73 bits per heavy atom. The van der Waals surface area contributed by atoms with Crippen molar-refractivity contribution in [2.45, 2.75) is 16.7 Å². The van der Waals surface area contributed by atoms with Crippen LogP contribution < -0.4 is 0 Å². The molecule has 0 aliphatic carbocycles. The molecule has 0 radical (unpaired) electrons. The minimum absolute atomic E-state index is 1.14. The third-order valence-corrected chi connectivity index (χ3v) is 3.79. The SMILES string of the molecule is Cc1cc(Br)ccc1Sc1ccccc1. The van der Waals surface area contributed by atoms with Crippen molar-refractivity contribution >= 4 is 27.7 Å². The maximum Gasteiger partial charge on any atom is 0.0178 e. The summed E-state index contributed by atoms with van der Waals surface area (Å²) in [5, 5.41) is 0. The van der Waals surface area contributed by atoms with E-state index >= 15 is 0 Å². The molecule has 0 spiro atoms. The highest BCUT2D eigenvalue weighted by atomic mass is 79.9. The highest BCUT2D eigenvalue weighted by Gasteiger charge is 2.00. The van der Waals surface area contributed by atoms with Crippen LogP contribution in [0.25, 0.3) is 0 Å². The van der Waals surface area contributed by atoms with Crippen molar-refractivity contribution in [2.24, 2.45) is 0 Å². The molecule has 2 aromatic carbocycles. The van der Waals surface area contributed by atoms with Crippen LogP contribution in [0.5, 0.6) is 0 Å². The molecule has 0 atom stereocenters. The normalized spacial score (nSPS) is 10.3. The topological polar surface area (TPSA) is 0 Å². The van der Waals surface area contributed by atoms with E-state index in [0.29, 0.717) is 0 Å². The largest absolute Gasteiger partial charge is 0.0898 e. The lowest BCUT2D eigenvalue weighted by Gasteiger charge is -2.05. The van der Waals surface area contributed by atoms with Gasteiger partial charge < -0.3 is 0 Å². The fourth-order valence-electron chi connectivity index (χ4n) is 1.34. The fourth-order valence-corrected chi connectivity index (χ4v) is 2.72. The van der Waals surface area contributed by atoms with Crippen LogP contribution in [0.2, 0.25) is 0 Å². The van der Waals surface area contributed by atoms with Gasteiger partial charge in [-0.1, -0.05) is 45.9 Å². The first kappa shape index (κ1) is 10.8. The summed E-state index contributed by atoms with van der Waals surface area (Å²) in [6, 6.07) is 16.8. The Morgan fingerprint density at radius 1 is 1.00 bits per heavy atom. The fraction of sp³-hybridized carbons (Fsp3) is 0.0769. The monoisotopic (exact) mass is 278 g/mol. The number of benzene rings is 2. The summed E-state index contributed by atoms with van der Waals surface area (Å²) >= 11 is 5.27. The van der Waals surface area contributed by atoms with Crippen LogP contribution in [0.3, 0.4) is 0 Å². The first-order valence-corrected chi connectivity index (χ1v) is 6.36. The standard InChI is InChI=1S/C13H11BrS/c1-10-9-11(14)7-8-13(10)15-12-5-3-2-4-6-12/h2-9H,1H3. The van der Waals surface area contributed by atoms with Gasteiger partial charge in [0.25, 0.3) is 0 Å². The van der Waals surface area contributed by atoms with Crippen LogP contribution in [0.1, 0.15) is 5.56 Å². The molecule has 0 saturated heterocycles. The molecule has 0 unspecified atom stereocenters. The van der Waals surface area contributed by atoms with E-state index in [1.165, 1.54) is 15.4 Å². The zero-order valence-electron chi connectivity index (χ0n) is 8.41. The predicted octanol–water partition coefficient (Wildman–Crippen LogP) is 4.91. The van der Waals surface area contributed by atoms with E-state index in [2.05, 4.69) is 65.3 Å². The van der Waals surface area contributed by atoms with Gasteiger partial charge in [-0.3, -0.25) is 0 Å². The van der Waals surface area contributed by atoms with Gasteiger partial charge >= 0.3 is 0 Å². The Labute approximate surface area is 103 Å². The third kappa shape index (κ3) is 2.86. The van der Waals surface area contributed by atoms with E-state index < -0.39 is 0 Å². The van der Waals surface area contributed by atoms with Crippen LogP contribution in [-0.4, -0.2) is 0 Å². The first-order chi connectivity index (χ1) is 7.25. The molecular formula is C13H11BrS. The second kappa shape index (κ2) is 4.86. The molecule has 0 heterocycles. The van der Waals surface area contributed by atoms with Crippen molar-refractivity contribution in [3.8, 4) is 0 Å². The molecule has 0 fully saturated rings. The summed E-state index contributed by atoms with van der Waals surface area (Å²) in [7, 11) is 0. The number of aryl methyl sites for hydroxylation is 1. The number of halogens is 1. The Balaban J connectivity index is 2.25. The van der Waals surface area contributed by atoms with E-state index in [0.717, 1.165) is 4.47 Å². The van der Waals surface area contributed by atoms with Crippen molar-refractivity contribution in [3.05, 3.63) is 58.6 Å². The van der Waals surface area contributed by atoms with Crippen molar-refractivity contribution < 1.29 is 0 Å². The van der Waals surface area contributed by atoms with Crippen molar-refractivity contribution in [2.75, 3.05) is 0 Å².